The number of carbonyl (C=O) groups excluding carboxylic acids is 2. The Morgan fingerprint density at radius 2 is 1.74 bits per heavy atom. The molecule has 2 aliphatic rings. The third-order valence-corrected chi connectivity index (χ3v) is 6.18. The molecule has 5 nitrogen and oxygen atoms in total. The fourth-order valence-corrected chi connectivity index (χ4v) is 4.73. The van der Waals surface area contributed by atoms with Gasteiger partial charge < -0.3 is 9.47 Å². The second-order valence-corrected chi connectivity index (χ2v) is 8.03. The van der Waals surface area contributed by atoms with E-state index < -0.39 is 11.8 Å². The fraction of sp³-hybridized carbons (Fsp3) is 0.346. The molecule has 0 bridgehead atoms. The van der Waals surface area contributed by atoms with Crippen LogP contribution in [0.2, 0.25) is 0 Å². The van der Waals surface area contributed by atoms with Crippen molar-refractivity contribution in [2.75, 3.05) is 13.7 Å². The predicted octanol–water partition coefficient (Wildman–Crippen LogP) is 4.83. The monoisotopic (exact) mass is 417 g/mol. The molecule has 1 heterocycles. The summed E-state index contributed by atoms with van der Waals surface area (Å²) in [6.45, 7) is 3.93. The van der Waals surface area contributed by atoms with Crippen LogP contribution >= 0.6 is 0 Å². The topological polar surface area (TPSA) is 65.0 Å². The summed E-state index contributed by atoms with van der Waals surface area (Å²) in [5, 5.41) is 0. The van der Waals surface area contributed by atoms with Crippen LogP contribution < -0.4 is 4.74 Å². The maximum Gasteiger partial charge on any atom is 0.315 e. The Morgan fingerprint density at radius 3 is 2.39 bits per heavy atom. The molecule has 3 atom stereocenters. The lowest BCUT2D eigenvalue weighted by Crippen LogP contribution is -2.38. The van der Waals surface area contributed by atoms with Crippen molar-refractivity contribution in [3.63, 3.8) is 0 Å². The third-order valence-electron chi connectivity index (χ3n) is 6.18. The molecule has 5 heteroatoms. The molecule has 0 aromatic heterocycles. The van der Waals surface area contributed by atoms with E-state index in [0.29, 0.717) is 24.1 Å². The van der Waals surface area contributed by atoms with Gasteiger partial charge in [0.25, 0.3) is 0 Å². The zero-order valence-corrected chi connectivity index (χ0v) is 18.1. The van der Waals surface area contributed by atoms with Crippen LogP contribution in [0.5, 0.6) is 5.75 Å². The number of esters is 1. The number of Topliss-reactive ketones (excluding diaryl/α,β-unsaturated/α-hetero) is 1. The van der Waals surface area contributed by atoms with Gasteiger partial charge in [-0.3, -0.25) is 14.6 Å². The summed E-state index contributed by atoms with van der Waals surface area (Å²) < 4.78 is 10.7. The lowest BCUT2D eigenvalue weighted by molar-refractivity contribution is -0.146. The fourth-order valence-electron chi connectivity index (χ4n) is 4.73. The minimum atomic E-state index is -0.607. The maximum atomic E-state index is 13.4. The summed E-state index contributed by atoms with van der Waals surface area (Å²) in [7, 11) is 1.61. The molecule has 2 aromatic rings. The van der Waals surface area contributed by atoms with Gasteiger partial charge in [-0.1, -0.05) is 42.5 Å². The normalized spacial score (nSPS) is 23.1. The molecular weight excluding hydrogens is 390 g/mol. The molecule has 4 rings (SSSR count). The molecule has 0 spiro atoms. The number of carbonyl (C=O) groups is 2. The van der Waals surface area contributed by atoms with Crippen molar-refractivity contribution < 1.29 is 19.1 Å². The van der Waals surface area contributed by atoms with Crippen molar-refractivity contribution in [3.8, 4) is 5.75 Å². The molecule has 0 N–H and O–H groups in total. The SMILES string of the molecule is CCOC(=O)C1C(C)=NC2=C(C(=O)C[C@@H](c3ccccc3)C2)[C@@H]1c1ccc(OC)cc1. The van der Waals surface area contributed by atoms with Gasteiger partial charge in [-0.05, 0) is 49.4 Å². The highest BCUT2D eigenvalue weighted by molar-refractivity contribution is 6.09. The van der Waals surface area contributed by atoms with Gasteiger partial charge in [-0.15, -0.1) is 0 Å². The molecule has 0 fully saturated rings. The summed E-state index contributed by atoms with van der Waals surface area (Å²) in [5.74, 6) is -0.466. The Kier molecular flexibility index (Phi) is 6.03. The molecule has 1 aliphatic carbocycles. The number of ketones is 1. The first-order valence-electron chi connectivity index (χ1n) is 10.7. The maximum absolute atomic E-state index is 13.4. The van der Waals surface area contributed by atoms with Crippen LogP contribution in [0.4, 0.5) is 0 Å². The number of benzene rings is 2. The van der Waals surface area contributed by atoms with Crippen LogP contribution in [0, 0.1) is 5.92 Å². The first-order chi connectivity index (χ1) is 15.0. The van der Waals surface area contributed by atoms with E-state index in [0.717, 1.165) is 22.6 Å². The summed E-state index contributed by atoms with van der Waals surface area (Å²) in [4.78, 5) is 31.1. The van der Waals surface area contributed by atoms with Gasteiger partial charge in [0.15, 0.2) is 5.78 Å². The van der Waals surface area contributed by atoms with Gasteiger partial charge in [0.05, 0.1) is 13.7 Å². The van der Waals surface area contributed by atoms with Crippen molar-refractivity contribution in [2.45, 2.75) is 38.5 Å². The van der Waals surface area contributed by atoms with E-state index in [-0.39, 0.29) is 24.3 Å². The molecule has 1 unspecified atom stereocenters. The van der Waals surface area contributed by atoms with Gasteiger partial charge in [0, 0.05) is 29.3 Å². The number of methoxy groups -OCH3 is 1. The quantitative estimate of drug-likeness (QED) is 0.654. The van der Waals surface area contributed by atoms with Crippen molar-refractivity contribution in [1.82, 2.24) is 0 Å². The Labute approximate surface area is 182 Å². The summed E-state index contributed by atoms with van der Waals surface area (Å²) in [5.41, 5.74) is 4.18. The summed E-state index contributed by atoms with van der Waals surface area (Å²) >= 11 is 0. The van der Waals surface area contributed by atoms with Crippen LogP contribution in [0.1, 0.15) is 49.7 Å². The van der Waals surface area contributed by atoms with Crippen molar-refractivity contribution in [1.29, 1.82) is 0 Å². The standard InChI is InChI=1S/C26H27NO4/c1-4-31-26(29)23-16(2)27-21-14-19(17-8-6-5-7-9-17)15-22(28)25(21)24(23)18-10-12-20(30-3)13-11-18/h5-13,19,23-24H,4,14-15H2,1-3H3/t19-,23?,24+/m0/s1. The number of aliphatic imine (C=N–C) groups is 1. The summed E-state index contributed by atoms with van der Waals surface area (Å²) in [6, 6.07) is 17.7. The van der Waals surface area contributed by atoms with E-state index in [9.17, 15) is 9.59 Å². The Bertz CT molecular complexity index is 1040. The molecule has 2 aromatic carbocycles. The van der Waals surface area contributed by atoms with Crippen LogP contribution in [-0.2, 0) is 14.3 Å². The van der Waals surface area contributed by atoms with E-state index >= 15 is 0 Å². The van der Waals surface area contributed by atoms with Crippen LogP contribution in [-0.4, -0.2) is 31.2 Å². The van der Waals surface area contributed by atoms with Crippen molar-refractivity contribution >= 4 is 17.5 Å². The Balaban J connectivity index is 1.79. The highest BCUT2D eigenvalue weighted by atomic mass is 16.5. The first kappa shape index (κ1) is 21.0. The number of rotatable bonds is 5. The van der Waals surface area contributed by atoms with Crippen LogP contribution in [0.15, 0.2) is 70.9 Å². The Morgan fingerprint density at radius 1 is 1.03 bits per heavy atom. The molecule has 0 saturated heterocycles. The molecular formula is C26H27NO4. The molecule has 0 radical (unpaired) electrons. The van der Waals surface area contributed by atoms with E-state index in [1.165, 1.54) is 0 Å². The number of hydrogen-bond acceptors (Lipinski definition) is 5. The minimum Gasteiger partial charge on any atom is -0.497 e. The van der Waals surface area contributed by atoms with Crippen LogP contribution in [0.25, 0.3) is 0 Å². The van der Waals surface area contributed by atoms with Gasteiger partial charge in [-0.25, -0.2) is 0 Å². The molecule has 160 valence electrons. The lowest BCUT2D eigenvalue weighted by Gasteiger charge is -2.36. The summed E-state index contributed by atoms with van der Waals surface area (Å²) in [6.07, 6.45) is 1.10. The Hall–Kier alpha value is -3.21. The predicted molar refractivity (Wildman–Crippen MR) is 119 cm³/mol. The highest BCUT2D eigenvalue weighted by Gasteiger charge is 2.44. The third kappa shape index (κ3) is 4.05. The van der Waals surface area contributed by atoms with Crippen molar-refractivity contribution in [3.05, 3.63) is 77.0 Å². The van der Waals surface area contributed by atoms with Crippen molar-refractivity contribution in [2.24, 2.45) is 10.9 Å². The second kappa shape index (κ2) is 8.88. The first-order valence-corrected chi connectivity index (χ1v) is 10.7. The molecule has 1 aliphatic heterocycles. The van der Waals surface area contributed by atoms with Gasteiger partial charge in [0.2, 0.25) is 0 Å². The average Bonchev–Trinajstić information content (AvgIpc) is 2.78. The number of ether oxygens (including phenoxy) is 2. The number of hydrogen-bond donors (Lipinski definition) is 0. The van der Waals surface area contributed by atoms with E-state index in [1.807, 2.05) is 49.4 Å². The van der Waals surface area contributed by atoms with Gasteiger partial charge in [-0.2, -0.15) is 0 Å². The van der Waals surface area contributed by atoms with Gasteiger partial charge >= 0.3 is 5.97 Å². The molecule has 31 heavy (non-hydrogen) atoms. The zero-order chi connectivity index (χ0) is 22.0. The second-order valence-electron chi connectivity index (χ2n) is 8.03. The lowest BCUT2D eigenvalue weighted by atomic mass is 9.69. The minimum absolute atomic E-state index is 0.0569. The van der Waals surface area contributed by atoms with E-state index in [1.54, 1.807) is 14.0 Å². The van der Waals surface area contributed by atoms with E-state index in [2.05, 4.69) is 12.1 Å². The highest BCUT2D eigenvalue weighted by Crippen LogP contribution is 2.47. The van der Waals surface area contributed by atoms with E-state index in [4.69, 9.17) is 14.5 Å². The van der Waals surface area contributed by atoms with Gasteiger partial charge in [0.1, 0.15) is 11.7 Å². The molecule has 0 saturated carbocycles. The number of nitrogens with zero attached hydrogens (tertiary/aromatic N) is 1. The zero-order valence-electron chi connectivity index (χ0n) is 18.1. The van der Waals surface area contributed by atoms with Crippen LogP contribution in [0.3, 0.4) is 0 Å². The molecule has 0 amide bonds. The largest absolute Gasteiger partial charge is 0.497 e. The average molecular weight is 418 g/mol. The number of allylic oxidation sites excluding steroid dienone is 2. The smallest absolute Gasteiger partial charge is 0.315 e.